The summed E-state index contributed by atoms with van der Waals surface area (Å²) in [6, 6.07) is 5.80. The zero-order chi connectivity index (χ0) is 17.3. The summed E-state index contributed by atoms with van der Waals surface area (Å²) in [6.07, 6.45) is 1.01. The lowest BCUT2D eigenvalue weighted by Gasteiger charge is -2.31. The number of hydrogen-bond acceptors (Lipinski definition) is 4. The van der Waals surface area contributed by atoms with Crippen LogP contribution in [0.1, 0.15) is 32.8 Å². The lowest BCUT2D eigenvalue weighted by molar-refractivity contribution is -0.132. The van der Waals surface area contributed by atoms with Crippen molar-refractivity contribution in [2.24, 2.45) is 5.92 Å². The second-order valence-corrected chi connectivity index (χ2v) is 7.30. The van der Waals surface area contributed by atoms with Crippen LogP contribution in [-0.4, -0.2) is 42.1 Å². The molecule has 1 fully saturated rings. The maximum atomic E-state index is 12.3. The van der Waals surface area contributed by atoms with Gasteiger partial charge in [0, 0.05) is 25.0 Å². The number of nitrogens with zero attached hydrogens (tertiary/aromatic N) is 1. The number of hydrogen-bond donors (Lipinski definition) is 1. The van der Waals surface area contributed by atoms with Crippen molar-refractivity contribution >= 4 is 11.8 Å². The van der Waals surface area contributed by atoms with E-state index in [-0.39, 0.29) is 30.1 Å². The number of nitrogens with one attached hydrogen (secondary N) is 1. The minimum atomic E-state index is -0.256. The number of ether oxygens (including phenoxy) is 2. The summed E-state index contributed by atoms with van der Waals surface area (Å²) < 4.78 is 10.6. The van der Waals surface area contributed by atoms with Crippen LogP contribution >= 0.6 is 0 Å². The van der Waals surface area contributed by atoms with E-state index in [1.807, 2.05) is 39.0 Å². The van der Waals surface area contributed by atoms with Gasteiger partial charge in [0.1, 0.15) is 0 Å². The predicted molar refractivity (Wildman–Crippen MR) is 88.9 cm³/mol. The second-order valence-electron chi connectivity index (χ2n) is 7.30. The molecule has 130 valence electrons. The lowest BCUT2D eigenvalue weighted by atomic mass is 10.1. The van der Waals surface area contributed by atoms with E-state index >= 15 is 0 Å². The molecule has 1 aromatic carbocycles. The summed E-state index contributed by atoms with van der Waals surface area (Å²) in [7, 11) is 0. The van der Waals surface area contributed by atoms with E-state index in [0.29, 0.717) is 25.9 Å². The predicted octanol–water partition coefficient (Wildman–Crippen LogP) is 1.72. The van der Waals surface area contributed by atoms with Crippen LogP contribution in [0.3, 0.4) is 0 Å². The van der Waals surface area contributed by atoms with Crippen molar-refractivity contribution in [2.45, 2.75) is 39.2 Å². The molecule has 0 spiro atoms. The molecule has 1 N–H and O–H groups in total. The normalized spacial score (nSPS) is 19.7. The van der Waals surface area contributed by atoms with Gasteiger partial charge in [0.25, 0.3) is 0 Å². The van der Waals surface area contributed by atoms with Crippen LogP contribution in [0.2, 0.25) is 0 Å². The largest absolute Gasteiger partial charge is 0.454 e. The van der Waals surface area contributed by atoms with Crippen molar-refractivity contribution in [1.29, 1.82) is 0 Å². The number of benzene rings is 1. The topological polar surface area (TPSA) is 67.9 Å². The monoisotopic (exact) mass is 332 g/mol. The van der Waals surface area contributed by atoms with Crippen molar-refractivity contribution in [3.8, 4) is 11.5 Å². The second kappa shape index (κ2) is 6.34. The van der Waals surface area contributed by atoms with Crippen LogP contribution in [0.25, 0.3) is 0 Å². The molecule has 0 aromatic heterocycles. The van der Waals surface area contributed by atoms with Gasteiger partial charge in [-0.25, -0.2) is 0 Å². The standard InChI is InChI=1S/C18H24N2O4/c1-18(2,3)20-10-13(9-16(20)21)17(22)19-7-6-12-4-5-14-15(8-12)24-11-23-14/h4-5,8,13H,6-7,9-11H2,1-3H3,(H,19,22)/t13-/m0/s1. The van der Waals surface area contributed by atoms with E-state index in [4.69, 9.17) is 9.47 Å². The van der Waals surface area contributed by atoms with Crippen LogP contribution in [0.5, 0.6) is 11.5 Å². The van der Waals surface area contributed by atoms with Gasteiger partial charge in [-0.3, -0.25) is 9.59 Å². The maximum Gasteiger partial charge on any atom is 0.231 e. The van der Waals surface area contributed by atoms with E-state index in [1.54, 1.807) is 4.90 Å². The Morgan fingerprint density at radius 2 is 2.04 bits per heavy atom. The van der Waals surface area contributed by atoms with Gasteiger partial charge in [0.2, 0.25) is 18.6 Å². The van der Waals surface area contributed by atoms with Crippen LogP contribution in [0.15, 0.2) is 18.2 Å². The molecule has 3 rings (SSSR count). The molecule has 6 nitrogen and oxygen atoms in total. The van der Waals surface area contributed by atoms with E-state index < -0.39 is 0 Å². The third kappa shape index (κ3) is 3.47. The van der Waals surface area contributed by atoms with E-state index in [1.165, 1.54) is 0 Å². The van der Waals surface area contributed by atoms with Gasteiger partial charge in [-0.15, -0.1) is 0 Å². The molecule has 0 saturated carbocycles. The van der Waals surface area contributed by atoms with E-state index in [9.17, 15) is 9.59 Å². The smallest absolute Gasteiger partial charge is 0.231 e. The average molecular weight is 332 g/mol. The van der Waals surface area contributed by atoms with Crippen LogP contribution in [-0.2, 0) is 16.0 Å². The number of fused-ring (bicyclic) bond motifs is 1. The van der Waals surface area contributed by atoms with Crippen LogP contribution in [0.4, 0.5) is 0 Å². The van der Waals surface area contributed by atoms with Gasteiger partial charge in [-0.05, 0) is 44.9 Å². The van der Waals surface area contributed by atoms with Crippen molar-refractivity contribution < 1.29 is 19.1 Å². The molecule has 0 radical (unpaired) electrons. The summed E-state index contributed by atoms with van der Waals surface area (Å²) >= 11 is 0. The Balaban J connectivity index is 1.49. The fraction of sp³-hybridized carbons (Fsp3) is 0.556. The first-order valence-corrected chi connectivity index (χ1v) is 8.31. The molecule has 24 heavy (non-hydrogen) atoms. The lowest BCUT2D eigenvalue weighted by Crippen LogP contribution is -2.43. The number of rotatable bonds is 4. The third-order valence-electron chi connectivity index (χ3n) is 4.46. The molecular weight excluding hydrogens is 308 g/mol. The van der Waals surface area contributed by atoms with Crippen molar-refractivity contribution in [2.75, 3.05) is 19.9 Å². The van der Waals surface area contributed by atoms with Gasteiger partial charge in [-0.1, -0.05) is 6.07 Å². The Labute approximate surface area is 142 Å². The number of carbonyl (C=O) groups excluding carboxylic acids is 2. The summed E-state index contributed by atoms with van der Waals surface area (Å²) in [5.74, 6) is 1.26. The highest BCUT2D eigenvalue weighted by Gasteiger charge is 2.39. The minimum absolute atomic E-state index is 0.0455. The molecule has 2 amide bonds. The highest BCUT2D eigenvalue weighted by molar-refractivity contribution is 5.89. The molecular formula is C18H24N2O4. The van der Waals surface area contributed by atoms with Crippen LogP contribution < -0.4 is 14.8 Å². The fourth-order valence-corrected chi connectivity index (χ4v) is 3.10. The Bertz CT molecular complexity index is 651. The summed E-state index contributed by atoms with van der Waals surface area (Å²) in [6.45, 7) is 7.27. The Morgan fingerprint density at radius 1 is 1.29 bits per heavy atom. The van der Waals surface area contributed by atoms with Gasteiger partial charge in [0.05, 0.1) is 5.92 Å². The first-order valence-electron chi connectivity index (χ1n) is 8.31. The van der Waals surface area contributed by atoms with Gasteiger partial charge in [-0.2, -0.15) is 0 Å². The molecule has 1 saturated heterocycles. The molecule has 2 aliphatic heterocycles. The highest BCUT2D eigenvalue weighted by atomic mass is 16.7. The summed E-state index contributed by atoms with van der Waals surface area (Å²) in [4.78, 5) is 26.2. The highest BCUT2D eigenvalue weighted by Crippen LogP contribution is 2.32. The third-order valence-corrected chi connectivity index (χ3v) is 4.46. The number of likely N-dealkylation sites (tertiary alicyclic amines) is 1. The van der Waals surface area contributed by atoms with Crippen LogP contribution in [0, 0.1) is 5.92 Å². The molecule has 6 heteroatoms. The summed E-state index contributed by atoms with van der Waals surface area (Å²) in [5, 5.41) is 2.94. The molecule has 0 unspecified atom stereocenters. The quantitative estimate of drug-likeness (QED) is 0.912. The minimum Gasteiger partial charge on any atom is -0.454 e. The maximum absolute atomic E-state index is 12.3. The Morgan fingerprint density at radius 3 is 2.75 bits per heavy atom. The number of carbonyl (C=O) groups is 2. The SMILES string of the molecule is CC(C)(C)N1C[C@@H](C(=O)NCCc2ccc3c(c2)OCO3)CC1=O. The fourth-order valence-electron chi connectivity index (χ4n) is 3.10. The first kappa shape index (κ1) is 16.6. The molecule has 2 heterocycles. The van der Waals surface area contributed by atoms with Gasteiger partial charge >= 0.3 is 0 Å². The molecule has 0 aliphatic carbocycles. The molecule has 1 aromatic rings. The number of amides is 2. The molecule has 1 atom stereocenters. The average Bonchev–Trinajstić information content (AvgIpc) is 3.12. The van der Waals surface area contributed by atoms with E-state index in [0.717, 1.165) is 17.1 Å². The zero-order valence-electron chi connectivity index (χ0n) is 14.4. The van der Waals surface area contributed by atoms with Crippen molar-refractivity contribution in [3.63, 3.8) is 0 Å². The Kier molecular flexibility index (Phi) is 4.39. The van der Waals surface area contributed by atoms with Crippen molar-refractivity contribution in [1.82, 2.24) is 10.2 Å². The van der Waals surface area contributed by atoms with Gasteiger partial charge in [0.15, 0.2) is 11.5 Å². The van der Waals surface area contributed by atoms with E-state index in [2.05, 4.69) is 5.32 Å². The molecule has 0 bridgehead atoms. The zero-order valence-corrected chi connectivity index (χ0v) is 14.4. The van der Waals surface area contributed by atoms with Gasteiger partial charge < -0.3 is 19.7 Å². The Hall–Kier alpha value is -2.24. The van der Waals surface area contributed by atoms with Crippen molar-refractivity contribution in [3.05, 3.63) is 23.8 Å². The first-order chi connectivity index (χ1) is 11.3. The molecule has 2 aliphatic rings. The summed E-state index contributed by atoms with van der Waals surface area (Å²) in [5.41, 5.74) is 0.844.